The molecule has 0 fully saturated rings. The summed E-state index contributed by atoms with van der Waals surface area (Å²) in [5.41, 5.74) is 0.554. The quantitative estimate of drug-likeness (QED) is 0.662. The Morgan fingerprint density at radius 1 is 1.54 bits per heavy atom. The Morgan fingerprint density at radius 3 is 2.77 bits per heavy atom. The van der Waals surface area contributed by atoms with Crippen LogP contribution in [-0.4, -0.2) is 28.7 Å². The van der Waals surface area contributed by atoms with Crippen LogP contribution in [-0.2, 0) is 6.61 Å². The molecule has 0 aliphatic carbocycles. The van der Waals surface area contributed by atoms with Gasteiger partial charge in [0, 0.05) is 7.05 Å². The molecule has 0 radical (unpaired) electrons. The summed E-state index contributed by atoms with van der Waals surface area (Å²) < 4.78 is 0. The van der Waals surface area contributed by atoms with Gasteiger partial charge in [0.15, 0.2) is 0 Å². The lowest BCUT2D eigenvalue weighted by molar-refractivity contribution is 0.276. The van der Waals surface area contributed by atoms with Crippen LogP contribution in [0.3, 0.4) is 0 Å². The molecule has 0 saturated heterocycles. The van der Waals surface area contributed by atoms with Gasteiger partial charge in [-0.1, -0.05) is 5.92 Å². The van der Waals surface area contributed by atoms with Crippen molar-refractivity contribution in [2.45, 2.75) is 6.61 Å². The Bertz CT molecular complexity index is 302. The van der Waals surface area contributed by atoms with Crippen molar-refractivity contribution in [2.24, 2.45) is 0 Å². The summed E-state index contributed by atoms with van der Waals surface area (Å²) in [5.74, 6) is 3.21. The van der Waals surface area contributed by atoms with E-state index in [-0.39, 0.29) is 6.61 Å². The summed E-state index contributed by atoms with van der Waals surface area (Å²) in [5, 5.41) is 8.72. The topological polar surface area (TPSA) is 49.2 Å². The highest BCUT2D eigenvalue weighted by atomic mass is 16.3. The van der Waals surface area contributed by atoms with E-state index in [1.807, 2.05) is 7.05 Å². The summed E-state index contributed by atoms with van der Waals surface area (Å²) in [7, 11) is 1.84. The van der Waals surface area contributed by atoms with Crippen LogP contribution in [0, 0.1) is 12.3 Å². The molecule has 4 nitrogen and oxygen atoms in total. The number of terminal acetylenes is 1. The number of rotatable bonds is 3. The van der Waals surface area contributed by atoms with E-state index in [0.717, 1.165) is 0 Å². The SMILES string of the molecule is C#CCN(C)c1cnc(CO)cn1. The zero-order chi connectivity index (χ0) is 9.68. The van der Waals surface area contributed by atoms with Gasteiger partial charge in [-0.2, -0.15) is 0 Å². The largest absolute Gasteiger partial charge is 0.390 e. The molecule has 1 aromatic heterocycles. The molecule has 0 saturated carbocycles. The smallest absolute Gasteiger partial charge is 0.147 e. The van der Waals surface area contributed by atoms with Crippen LogP contribution in [0.25, 0.3) is 0 Å². The van der Waals surface area contributed by atoms with E-state index in [1.54, 1.807) is 11.1 Å². The number of aliphatic hydroxyl groups excluding tert-OH is 1. The minimum Gasteiger partial charge on any atom is -0.390 e. The van der Waals surface area contributed by atoms with Crippen molar-refractivity contribution in [1.29, 1.82) is 0 Å². The lowest BCUT2D eigenvalue weighted by Crippen LogP contribution is -2.18. The summed E-state index contributed by atoms with van der Waals surface area (Å²) in [6.07, 6.45) is 8.26. The molecule has 0 unspecified atom stereocenters. The van der Waals surface area contributed by atoms with Gasteiger partial charge in [0.2, 0.25) is 0 Å². The summed E-state index contributed by atoms with van der Waals surface area (Å²) in [4.78, 5) is 9.85. The van der Waals surface area contributed by atoms with Gasteiger partial charge in [-0.15, -0.1) is 6.42 Å². The first-order chi connectivity index (χ1) is 6.27. The van der Waals surface area contributed by atoms with Crippen LogP contribution >= 0.6 is 0 Å². The van der Waals surface area contributed by atoms with Crippen molar-refractivity contribution in [3.05, 3.63) is 18.1 Å². The van der Waals surface area contributed by atoms with Gasteiger partial charge < -0.3 is 10.0 Å². The fraction of sp³-hybridized carbons (Fsp3) is 0.333. The van der Waals surface area contributed by atoms with Gasteiger partial charge in [0.1, 0.15) is 5.82 Å². The second-order valence-electron chi connectivity index (χ2n) is 2.58. The predicted octanol–water partition coefficient (Wildman–Crippen LogP) is 0.0383. The van der Waals surface area contributed by atoms with Crippen LogP contribution in [0.15, 0.2) is 12.4 Å². The maximum atomic E-state index is 8.72. The average Bonchev–Trinajstić information content (AvgIpc) is 2.18. The van der Waals surface area contributed by atoms with Gasteiger partial charge >= 0.3 is 0 Å². The number of hydrogen-bond donors (Lipinski definition) is 1. The first-order valence-electron chi connectivity index (χ1n) is 3.84. The predicted molar refractivity (Wildman–Crippen MR) is 50.1 cm³/mol. The molecule has 0 spiro atoms. The number of hydrogen-bond acceptors (Lipinski definition) is 4. The van der Waals surface area contributed by atoms with Crippen molar-refractivity contribution >= 4 is 5.82 Å². The van der Waals surface area contributed by atoms with Gasteiger partial charge in [0.25, 0.3) is 0 Å². The van der Waals surface area contributed by atoms with E-state index in [0.29, 0.717) is 18.1 Å². The molecule has 13 heavy (non-hydrogen) atoms. The van der Waals surface area contributed by atoms with Gasteiger partial charge in [-0.25, -0.2) is 4.98 Å². The van der Waals surface area contributed by atoms with Crippen LogP contribution in [0.5, 0.6) is 0 Å². The Balaban J connectivity index is 2.74. The minimum absolute atomic E-state index is 0.0911. The van der Waals surface area contributed by atoms with E-state index in [1.165, 1.54) is 6.20 Å². The van der Waals surface area contributed by atoms with E-state index >= 15 is 0 Å². The third-order valence-corrected chi connectivity index (χ3v) is 1.57. The second kappa shape index (κ2) is 4.43. The summed E-state index contributed by atoms with van der Waals surface area (Å²) >= 11 is 0. The van der Waals surface area contributed by atoms with Crippen molar-refractivity contribution in [3.8, 4) is 12.3 Å². The van der Waals surface area contributed by atoms with Crippen molar-refractivity contribution < 1.29 is 5.11 Å². The molecule has 4 heteroatoms. The third kappa shape index (κ3) is 2.42. The lowest BCUT2D eigenvalue weighted by Gasteiger charge is -2.13. The van der Waals surface area contributed by atoms with Crippen LogP contribution in [0.1, 0.15) is 5.69 Å². The maximum absolute atomic E-state index is 8.72. The standard InChI is InChI=1S/C9H11N3O/c1-3-4-12(2)9-6-10-8(7-13)5-11-9/h1,5-6,13H,4,7H2,2H3. The number of aliphatic hydroxyl groups is 1. The number of aromatic nitrogens is 2. The number of nitrogens with zero attached hydrogens (tertiary/aromatic N) is 3. The lowest BCUT2D eigenvalue weighted by atomic mass is 10.4. The van der Waals surface area contributed by atoms with Gasteiger partial charge in [-0.05, 0) is 0 Å². The number of anilines is 1. The van der Waals surface area contributed by atoms with Crippen LogP contribution < -0.4 is 4.90 Å². The Morgan fingerprint density at radius 2 is 2.31 bits per heavy atom. The molecule has 1 aromatic rings. The molecule has 1 heterocycles. The van der Waals surface area contributed by atoms with Crippen molar-refractivity contribution in [3.63, 3.8) is 0 Å². The molecular weight excluding hydrogens is 166 g/mol. The highest BCUT2D eigenvalue weighted by Gasteiger charge is 2.00. The second-order valence-corrected chi connectivity index (χ2v) is 2.58. The third-order valence-electron chi connectivity index (χ3n) is 1.57. The Labute approximate surface area is 77.2 Å². The van der Waals surface area contributed by atoms with E-state index in [4.69, 9.17) is 11.5 Å². The zero-order valence-corrected chi connectivity index (χ0v) is 7.44. The molecule has 0 bridgehead atoms. The summed E-state index contributed by atoms with van der Waals surface area (Å²) in [6.45, 7) is 0.402. The summed E-state index contributed by atoms with van der Waals surface area (Å²) in [6, 6.07) is 0. The molecule has 1 N–H and O–H groups in total. The minimum atomic E-state index is -0.0911. The Hall–Kier alpha value is -1.60. The van der Waals surface area contributed by atoms with Crippen LogP contribution in [0.4, 0.5) is 5.82 Å². The average molecular weight is 177 g/mol. The molecule has 0 amide bonds. The molecule has 0 atom stereocenters. The first kappa shape index (κ1) is 9.49. The van der Waals surface area contributed by atoms with E-state index in [2.05, 4.69) is 15.9 Å². The van der Waals surface area contributed by atoms with E-state index < -0.39 is 0 Å². The molecular formula is C9H11N3O. The van der Waals surface area contributed by atoms with Gasteiger partial charge in [0.05, 0.1) is 31.2 Å². The molecule has 0 aromatic carbocycles. The monoisotopic (exact) mass is 177 g/mol. The van der Waals surface area contributed by atoms with Crippen LogP contribution in [0.2, 0.25) is 0 Å². The van der Waals surface area contributed by atoms with Crippen molar-refractivity contribution in [1.82, 2.24) is 9.97 Å². The molecule has 68 valence electrons. The van der Waals surface area contributed by atoms with Gasteiger partial charge in [-0.3, -0.25) is 4.98 Å². The first-order valence-corrected chi connectivity index (χ1v) is 3.84. The maximum Gasteiger partial charge on any atom is 0.147 e. The highest BCUT2D eigenvalue weighted by molar-refractivity contribution is 5.36. The van der Waals surface area contributed by atoms with E-state index in [9.17, 15) is 0 Å². The fourth-order valence-corrected chi connectivity index (χ4v) is 0.845. The van der Waals surface area contributed by atoms with Crippen molar-refractivity contribution in [2.75, 3.05) is 18.5 Å². The zero-order valence-electron chi connectivity index (χ0n) is 7.44. The molecule has 0 aliphatic heterocycles. The molecule has 0 aliphatic rings. The fourth-order valence-electron chi connectivity index (χ4n) is 0.845. The molecule has 1 rings (SSSR count). The Kier molecular flexibility index (Phi) is 3.23. The normalized spacial score (nSPS) is 9.31. The highest BCUT2D eigenvalue weighted by Crippen LogP contribution is 2.05.